The molecule has 136 valence electrons. The van der Waals surface area contributed by atoms with Gasteiger partial charge in [0, 0.05) is 25.2 Å². The minimum Gasteiger partial charge on any atom is -0.481 e. The van der Waals surface area contributed by atoms with Gasteiger partial charge in [-0.05, 0) is 37.0 Å². The van der Waals surface area contributed by atoms with Gasteiger partial charge in [-0.25, -0.2) is 13.1 Å². The number of benzene rings is 1. The quantitative estimate of drug-likeness (QED) is 0.794. The monoisotopic (exact) mass is 366 g/mol. The number of rotatable bonds is 6. The molecule has 0 saturated heterocycles. The maximum Gasteiger partial charge on any atom is 0.310 e. The molecular formula is C17H22N2O5S. The highest BCUT2D eigenvalue weighted by Crippen LogP contribution is 2.45. The molecule has 1 amide bonds. The van der Waals surface area contributed by atoms with Gasteiger partial charge < -0.3 is 10.0 Å². The minimum atomic E-state index is -3.61. The van der Waals surface area contributed by atoms with E-state index in [0.29, 0.717) is 31.5 Å². The number of aliphatic carboxylic acids is 1. The molecule has 1 fully saturated rings. The van der Waals surface area contributed by atoms with E-state index < -0.39 is 21.4 Å². The first-order valence-corrected chi connectivity index (χ1v) is 9.94. The van der Waals surface area contributed by atoms with Crippen LogP contribution in [0.15, 0.2) is 23.1 Å². The summed E-state index contributed by atoms with van der Waals surface area (Å²) in [6.45, 7) is 2.43. The molecule has 0 aromatic heterocycles. The molecule has 0 unspecified atom stereocenters. The Kier molecular flexibility index (Phi) is 4.59. The van der Waals surface area contributed by atoms with Crippen molar-refractivity contribution < 1.29 is 23.1 Å². The lowest BCUT2D eigenvalue weighted by Crippen LogP contribution is -2.43. The number of carbonyl (C=O) groups excluding carboxylic acids is 1. The van der Waals surface area contributed by atoms with Crippen LogP contribution in [0.4, 0.5) is 5.69 Å². The summed E-state index contributed by atoms with van der Waals surface area (Å²) in [6.07, 6.45) is 2.46. The fourth-order valence-corrected chi connectivity index (χ4v) is 4.57. The molecule has 0 bridgehead atoms. The number of hydrogen-bond donors (Lipinski definition) is 2. The van der Waals surface area contributed by atoms with Gasteiger partial charge in [-0.2, -0.15) is 0 Å². The van der Waals surface area contributed by atoms with E-state index in [1.807, 2.05) is 0 Å². The van der Waals surface area contributed by atoms with Crippen LogP contribution in [0.25, 0.3) is 0 Å². The Bertz CT molecular complexity index is 814. The third-order valence-corrected chi connectivity index (χ3v) is 6.70. The second kappa shape index (κ2) is 6.42. The largest absolute Gasteiger partial charge is 0.481 e. The first-order chi connectivity index (χ1) is 11.8. The Morgan fingerprint density at radius 3 is 2.60 bits per heavy atom. The number of amides is 1. The average Bonchev–Trinajstić information content (AvgIpc) is 2.93. The van der Waals surface area contributed by atoms with Gasteiger partial charge in [0.2, 0.25) is 15.9 Å². The predicted molar refractivity (Wildman–Crippen MR) is 91.9 cm³/mol. The zero-order valence-electron chi connectivity index (χ0n) is 14.1. The summed E-state index contributed by atoms with van der Waals surface area (Å²) in [4.78, 5) is 25.9. The van der Waals surface area contributed by atoms with E-state index in [4.69, 9.17) is 0 Å². The number of nitrogens with zero attached hydrogens (tertiary/aromatic N) is 1. The van der Waals surface area contributed by atoms with Crippen LogP contribution < -0.4 is 9.62 Å². The maximum absolute atomic E-state index is 12.7. The van der Waals surface area contributed by atoms with Crippen molar-refractivity contribution in [1.82, 2.24) is 4.72 Å². The summed E-state index contributed by atoms with van der Waals surface area (Å²) in [7, 11) is -3.61. The van der Waals surface area contributed by atoms with Crippen molar-refractivity contribution in [2.24, 2.45) is 5.41 Å². The van der Waals surface area contributed by atoms with E-state index in [0.717, 1.165) is 12.0 Å². The van der Waals surface area contributed by atoms with Crippen LogP contribution >= 0.6 is 0 Å². The molecule has 0 radical (unpaired) electrons. The van der Waals surface area contributed by atoms with Gasteiger partial charge in [-0.15, -0.1) is 0 Å². The van der Waals surface area contributed by atoms with Crippen LogP contribution in [-0.4, -0.2) is 38.5 Å². The molecule has 1 saturated carbocycles. The van der Waals surface area contributed by atoms with Gasteiger partial charge in [0.25, 0.3) is 0 Å². The lowest BCUT2D eigenvalue weighted by atomic mass is 9.66. The number of nitrogens with one attached hydrogen (secondary N) is 1. The summed E-state index contributed by atoms with van der Waals surface area (Å²) in [5.74, 6) is -1.17. The number of sulfonamides is 1. The Morgan fingerprint density at radius 1 is 1.32 bits per heavy atom. The molecule has 0 spiro atoms. The second-order valence-electron chi connectivity index (χ2n) is 6.70. The Labute approximate surface area is 147 Å². The van der Waals surface area contributed by atoms with E-state index >= 15 is 0 Å². The van der Waals surface area contributed by atoms with Crippen molar-refractivity contribution >= 4 is 27.6 Å². The van der Waals surface area contributed by atoms with E-state index in [9.17, 15) is 23.1 Å². The fourth-order valence-electron chi connectivity index (χ4n) is 3.51. The van der Waals surface area contributed by atoms with Gasteiger partial charge in [0.05, 0.1) is 10.3 Å². The predicted octanol–water partition coefficient (Wildman–Crippen LogP) is 1.52. The number of carboxylic acid groups (broad SMARTS) is 1. The van der Waals surface area contributed by atoms with Crippen LogP contribution in [0.3, 0.4) is 0 Å². The highest BCUT2D eigenvalue weighted by atomic mass is 32.2. The SMILES string of the molecule is CCNS(=O)(=O)c1ccc2c(c1)N(C(=O)CC1(C(=O)O)CCC1)CC2. The maximum atomic E-state index is 12.7. The first kappa shape index (κ1) is 17.9. The van der Waals surface area contributed by atoms with Crippen molar-refractivity contribution in [3.8, 4) is 0 Å². The molecule has 1 aliphatic heterocycles. The number of carboxylic acids is 1. The van der Waals surface area contributed by atoms with Crippen LogP contribution in [-0.2, 0) is 26.0 Å². The van der Waals surface area contributed by atoms with E-state index in [-0.39, 0.29) is 23.8 Å². The molecule has 1 heterocycles. The van der Waals surface area contributed by atoms with Gasteiger partial charge in [-0.3, -0.25) is 9.59 Å². The molecule has 2 N–H and O–H groups in total. The molecular weight excluding hydrogens is 344 g/mol. The Hall–Kier alpha value is -1.93. The molecule has 1 aromatic carbocycles. The van der Waals surface area contributed by atoms with Crippen molar-refractivity contribution in [3.63, 3.8) is 0 Å². The zero-order valence-corrected chi connectivity index (χ0v) is 14.9. The molecule has 8 heteroatoms. The molecule has 25 heavy (non-hydrogen) atoms. The molecule has 7 nitrogen and oxygen atoms in total. The van der Waals surface area contributed by atoms with Crippen molar-refractivity contribution in [1.29, 1.82) is 0 Å². The Balaban J connectivity index is 1.86. The molecule has 1 aliphatic carbocycles. The lowest BCUT2D eigenvalue weighted by Gasteiger charge is -2.38. The molecule has 0 atom stereocenters. The van der Waals surface area contributed by atoms with E-state index in [1.54, 1.807) is 13.0 Å². The van der Waals surface area contributed by atoms with Crippen molar-refractivity contribution in [3.05, 3.63) is 23.8 Å². The zero-order chi connectivity index (χ0) is 18.2. The van der Waals surface area contributed by atoms with Crippen molar-refractivity contribution in [2.45, 2.75) is 43.9 Å². The highest BCUT2D eigenvalue weighted by Gasteiger charge is 2.47. The average molecular weight is 366 g/mol. The highest BCUT2D eigenvalue weighted by molar-refractivity contribution is 7.89. The third-order valence-electron chi connectivity index (χ3n) is 5.15. The Morgan fingerprint density at radius 2 is 2.04 bits per heavy atom. The standard InChI is InChI=1S/C17H22N2O5S/c1-2-18-25(23,24)13-5-4-12-6-9-19(14(12)10-13)15(20)11-17(16(21)22)7-3-8-17/h4-5,10,18H,2-3,6-9,11H2,1H3,(H,21,22). The summed E-state index contributed by atoms with van der Waals surface area (Å²) in [5, 5.41) is 9.42. The van der Waals surface area contributed by atoms with Gasteiger partial charge in [0.1, 0.15) is 0 Å². The fraction of sp³-hybridized carbons (Fsp3) is 0.529. The van der Waals surface area contributed by atoms with Gasteiger partial charge in [0.15, 0.2) is 0 Å². The van der Waals surface area contributed by atoms with Crippen molar-refractivity contribution in [2.75, 3.05) is 18.0 Å². The van der Waals surface area contributed by atoms with Crippen LogP contribution in [0, 0.1) is 5.41 Å². The van der Waals surface area contributed by atoms with Gasteiger partial charge in [-0.1, -0.05) is 19.4 Å². The summed E-state index contributed by atoms with van der Waals surface area (Å²) >= 11 is 0. The minimum absolute atomic E-state index is 0.0358. The molecule has 3 rings (SSSR count). The van der Waals surface area contributed by atoms with Crippen LogP contribution in [0.5, 0.6) is 0 Å². The normalized spacial score (nSPS) is 18.5. The molecule has 1 aromatic rings. The number of hydrogen-bond acceptors (Lipinski definition) is 4. The first-order valence-electron chi connectivity index (χ1n) is 8.45. The summed E-state index contributed by atoms with van der Waals surface area (Å²) < 4.78 is 26.8. The van der Waals surface area contributed by atoms with E-state index in [1.165, 1.54) is 17.0 Å². The number of fused-ring (bicyclic) bond motifs is 1. The number of anilines is 1. The lowest BCUT2D eigenvalue weighted by molar-refractivity contribution is -0.157. The van der Waals surface area contributed by atoms with Gasteiger partial charge >= 0.3 is 5.97 Å². The molecule has 2 aliphatic rings. The summed E-state index contributed by atoms with van der Waals surface area (Å²) in [6, 6.07) is 4.77. The number of carbonyl (C=O) groups is 2. The second-order valence-corrected chi connectivity index (χ2v) is 8.47. The third kappa shape index (κ3) is 3.16. The summed E-state index contributed by atoms with van der Waals surface area (Å²) in [5.41, 5.74) is 0.526. The topological polar surface area (TPSA) is 104 Å². The van der Waals surface area contributed by atoms with Crippen LogP contribution in [0.2, 0.25) is 0 Å². The van der Waals surface area contributed by atoms with Crippen LogP contribution in [0.1, 0.15) is 38.2 Å². The van der Waals surface area contributed by atoms with E-state index in [2.05, 4.69) is 4.72 Å². The smallest absolute Gasteiger partial charge is 0.310 e.